The molecule has 2 aromatic carbocycles. The van der Waals surface area contributed by atoms with Gasteiger partial charge in [0.1, 0.15) is 0 Å². The van der Waals surface area contributed by atoms with Gasteiger partial charge in [0.05, 0.1) is 0 Å². The van der Waals surface area contributed by atoms with E-state index in [1.807, 2.05) is 48.5 Å². The van der Waals surface area contributed by atoms with Gasteiger partial charge in [-0.05, 0) is 36.6 Å². The summed E-state index contributed by atoms with van der Waals surface area (Å²) in [6.07, 6.45) is 1.67. The summed E-state index contributed by atoms with van der Waals surface area (Å²) in [6.45, 7) is 2.64. The Morgan fingerprint density at radius 1 is 1.11 bits per heavy atom. The predicted octanol–water partition coefficient (Wildman–Crippen LogP) is 2.98. The van der Waals surface area contributed by atoms with Gasteiger partial charge in [-0.15, -0.1) is 0 Å². The highest BCUT2D eigenvalue weighted by molar-refractivity contribution is 6.10. The molecule has 0 aliphatic rings. The molecule has 0 radical (unpaired) electrons. The molecule has 0 atom stereocenters. The SMILES string of the molecule is CCc1cccc(C(=O)c2ccccc2CCN)c1. The molecule has 0 aromatic heterocycles. The highest BCUT2D eigenvalue weighted by atomic mass is 16.1. The molecule has 2 heteroatoms. The fourth-order valence-corrected chi connectivity index (χ4v) is 2.20. The maximum absolute atomic E-state index is 12.6. The van der Waals surface area contributed by atoms with Crippen molar-refractivity contribution in [1.82, 2.24) is 0 Å². The molecule has 0 aliphatic heterocycles. The number of ketones is 1. The third kappa shape index (κ3) is 3.09. The van der Waals surface area contributed by atoms with Crippen LogP contribution in [0.15, 0.2) is 48.5 Å². The molecule has 2 rings (SSSR count). The molecule has 0 aliphatic carbocycles. The molecule has 0 saturated heterocycles. The van der Waals surface area contributed by atoms with Gasteiger partial charge < -0.3 is 5.73 Å². The van der Waals surface area contributed by atoms with Gasteiger partial charge >= 0.3 is 0 Å². The number of hydrogen-bond donors (Lipinski definition) is 1. The lowest BCUT2D eigenvalue weighted by atomic mass is 9.95. The maximum atomic E-state index is 12.6. The smallest absolute Gasteiger partial charge is 0.193 e. The number of benzene rings is 2. The average molecular weight is 253 g/mol. The van der Waals surface area contributed by atoms with Crippen LogP contribution >= 0.6 is 0 Å². The second-order valence-electron chi connectivity index (χ2n) is 4.58. The van der Waals surface area contributed by atoms with E-state index in [0.29, 0.717) is 6.54 Å². The first-order valence-corrected chi connectivity index (χ1v) is 6.68. The number of carbonyl (C=O) groups excluding carboxylic acids is 1. The minimum atomic E-state index is 0.0827. The van der Waals surface area contributed by atoms with E-state index in [1.165, 1.54) is 5.56 Å². The van der Waals surface area contributed by atoms with Gasteiger partial charge in [-0.1, -0.05) is 49.4 Å². The summed E-state index contributed by atoms with van der Waals surface area (Å²) in [5.74, 6) is 0.0827. The van der Waals surface area contributed by atoms with E-state index in [1.54, 1.807) is 0 Å². The fourth-order valence-electron chi connectivity index (χ4n) is 2.20. The molecule has 0 unspecified atom stereocenters. The summed E-state index contributed by atoms with van der Waals surface area (Å²) in [4.78, 5) is 12.6. The minimum Gasteiger partial charge on any atom is -0.330 e. The Labute approximate surface area is 114 Å². The van der Waals surface area contributed by atoms with E-state index in [-0.39, 0.29) is 5.78 Å². The normalized spacial score (nSPS) is 10.4. The first-order valence-electron chi connectivity index (χ1n) is 6.68. The molecule has 0 bridgehead atoms. The summed E-state index contributed by atoms with van der Waals surface area (Å²) < 4.78 is 0. The molecule has 19 heavy (non-hydrogen) atoms. The van der Waals surface area contributed by atoms with Crippen LogP contribution in [0, 0.1) is 0 Å². The van der Waals surface area contributed by atoms with Crippen molar-refractivity contribution in [2.75, 3.05) is 6.54 Å². The zero-order valence-electron chi connectivity index (χ0n) is 11.2. The van der Waals surface area contributed by atoms with Crippen LogP contribution in [0.5, 0.6) is 0 Å². The first-order chi connectivity index (χ1) is 9.26. The molecule has 2 aromatic rings. The van der Waals surface area contributed by atoms with Gasteiger partial charge in [0.15, 0.2) is 5.78 Å². The van der Waals surface area contributed by atoms with Crippen molar-refractivity contribution in [1.29, 1.82) is 0 Å². The lowest BCUT2D eigenvalue weighted by molar-refractivity contribution is 0.103. The zero-order chi connectivity index (χ0) is 13.7. The van der Waals surface area contributed by atoms with Crippen molar-refractivity contribution in [3.8, 4) is 0 Å². The van der Waals surface area contributed by atoms with Crippen LogP contribution in [0.25, 0.3) is 0 Å². The van der Waals surface area contributed by atoms with Crippen LogP contribution in [0.4, 0.5) is 0 Å². The van der Waals surface area contributed by atoms with Crippen molar-refractivity contribution in [2.45, 2.75) is 19.8 Å². The fraction of sp³-hybridized carbons (Fsp3) is 0.235. The van der Waals surface area contributed by atoms with Gasteiger partial charge in [-0.3, -0.25) is 4.79 Å². The van der Waals surface area contributed by atoms with Crippen LogP contribution in [0.2, 0.25) is 0 Å². The molecule has 0 fully saturated rings. The van der Waals surface area contributed by atoms with E-state index in [4.69, 9.17) is 5.73 Å². The Morgan fingerprint density at radius 2 is 1.89 bits per heavy atom. The van der Waals surface area contributed by atoms with Crippen LogP contribution in [0.3, 0.4) is 0 Å². The first kappa shape index (κ1) is 13.5. The van der Waals surface area contributed by atoms with Crippen molar-refractivity contribution in [3.63, 3.8) is 0 Å². The average Bonchev–Trinajstić information content (AvgIpc) is 2.47. The van der Waals surface area contributed by atoms with Crippen LogP contribution in [-0.2, 0) is 12.8 Å². The van der Waals surface area contributed by atoms with Crippen molar-refractivity contribution >= 4 is 5.78 Å². The van der Waals surface area contributed by atoms with Crippen molar-refractivity contribution < 1.29 is 4.79 Å². The zero-order valence-corrected chi connectivity index (χ0v) is 11.2. The molecule has 0 heterocycles. The second-order valence-corrected chi connectivity index (χ2v) is 4.58. The van der Waals surface area contributed by atoms with Crippen LogP contribution in [-0.4, -0.2) is 12.3 Å². The third-order valence-electron chi connectivity index (χ3n) is 3.27. The van der Waals surface area contributed by atoms with Crippen LogP contribution < -0.4 is 5.73 Å². The molecular formula is C17H19NO. The molecule has 0 saturated carbocycles. The van der Waals surface area contributed by atoms with Gasteiger partial charge in [0, 0.05) is 11.1 Å². The number of aryl methyl sites for hydroxylation is 1. The Kier molecular flexibility index (Phi) is 4.48. The van der Waals surface area contributed by atoms with E-state index in [9.17, 15) is 4.79 Å². The van der Waals surface area contributed by atoms with Gasteiger partial charge in [0.25, 0.3) is 0 Å². The number of nitrogens with two attached hydrogens (primary N) is 1. The lowest BCUT2D eigenvalue weighted by Gasteiger charge is -2.08. The van der Waals surface area contributed by atoms with E-state index < -0.39 is 0 Å². The molecular weight excluding hydrogens is 234 g/mol. The van der Waals surface area contributed by atoms with Gasteiger partial charge in [-0.25, -0.2) is 0 Å². The largest absolute Gasteiger partial charge is 0.330 e. The molecule has 2 nitrogen and oxygen atoms in total. The Balaban J connectivity index is 2.38. The summed E-state index contributed by atoms with van der Waals surface area (Å²) in [5, 5.41) is 0. The quantitative estimate of drug-likeness (QED) is 0.832. The Hall–Kier alpha value is -1.93. The Morgan fingerprint density at radius 3 is 2.63 bits per heavy atom. The lowest BCUT2D eigenvalue weighted by Crippen LogP contribution is -2.10. The summed E-state index contributed by atoms with van der Waals surface area (Å²) >= 11 is 0. The molecule has 2 N–H and O–H groups in total. The summed E-state index contributed by atoms with van der Waals surface area (Å²) in [5.41, 5.74) is 9.33. The maximum Gasteiger partial charge on any atom is 0.193 e. The number of rotatable bonds is 5. The van der Waals surface area contributed by atoms with Gasteiger partial charge in [0.2, 0.25) is 0 Å². The molecule has 0 amide bonds. The van der Waals surface area contributed by atoms with Crippen molar-refractivity contribution in [3.05, 3.63) is 70.8 Å². The standard InChI is InChI=1S/C17H19NO/c1-2-13-6-5-8-15(12-13)17(19)16-9-4-3-7-14(16)10-11-18/h3-9,12H,2,10-11,18H2,1H3. The van der Waals surface area contributed by atoms with E-state index in [0.717, 1.165) is 29.5 Å². The number of hydrogen-bond acceptors (Lipinski definition) is 2. The molecule has 0 spiro atoms. The monoisotopic (exact) mass is 253 g/mol. The second kappa shape index (κ2) is 6.30. The highest BCUT2D eigenvalue weighted by Gasteiger charge is 2.12. The van der Waals surface area contributed by atoms with E-state index >= 15 is 0 Å². The summed E-state index contributed by atoms with van der Waals surface area (Å²) in [7, 11) is 0. The van der Waals surface area contributed by atoms with Gasteiger partial charge in [-0.2, -0.15) is 0 Å². The third-order valence-corrected chi connectivity index (χ3v) is 3.27. The Bertz CT molecular complexity index is 575. The minimum absolute atomic E-state index is 0.0827. The highest BCUT2D eigenvalue weighted by Crippen LogP contribution is 2.16. The summed E-state index contributed by atoms with van der Waals surface area (Å²) in [6, 6.07) is 15.5. The molecule has 98 valence electrons. The van der Waals surface area contributed by atoms with Crippen LogP contribution in [0.1, 0.15) is 34.0 Å². The van der Waals surface area contributed by atoms with E-state index in [2.05, 4.69) is 6.92 Å². The number of carbonyl (C=O) groups is 1. The predicted molar refractivity (Wildman–Crippen MR) is 78.5 cm³/mol. The van der Waals surface area contributed by atoms with Crippen molar-refractivity contribution in [2.24, 2.45) is 5.73 Å². The topological polar surface area (TPSA) is 43.1 Å².